The lowest BCUT2D eigenvalue weighted by Crippen LogP contribution is -2.11. The monoisotopic (exact) mass is 566 g/mol. The zero-order chi connectivity index (χ0) is 25.8. The largest absolute Gasteiger partial charge is 0.483 e. The van der Waals surface area contributed by atoms with Gasteiger partial charge in [0.05, 0.1) is 26.7 Å². The molecule has 0 aliphatic rings. The summed E-state index contributed by atoms with van der Waals surface area (Å²) >= 11 is 24.0. The molecule has 0 fully saturated rings. The van der Waals surface area contributed by atoms with E-state index in [1.54, 1.807) is 24.3 Å². The molecule has 8 nitrogen and oxygen atoms in total. The van der Waals surface area contributed by atoms with Crippen molar-refractivity contribution in [3.05, 3.63) is 108 Å². The number of nitro groups is 1. The summed E-state index contributed by atoms with van der Waals surface area (Å²) in [6, 6.07) is 16.3. The number of nitro benzene ring substituents is 1. The molecule has 0 unspecified atom stereocenters. The van der Waals surface area contributed by atoms with E-state index in [-0.39, 0.29) is 45.3 Å². The summed E-state index contributed by atoms with van der Waals surface area (Å²) in [5, 5.41) is 15.3. The first kappa shape index (κ1) is 25.7. The van der Waals surface area contributed by atoms with Crippen LogP contribution in [0.25, 0.3) is 0 Å². The van der Waals surface area contributed by atoms with Gasteiger partial charge in [0, 0.05) is 22.2 Å². The lowest BCUT2D eigenvalue weighted by molar-refractivity contribution is -0.384. The van der Waals surface area contributed by atoms with Gasteiger partial charge in [-0.25, -0.2) is 0 Å². The van der Waals surface area contributed by atoms with Gasteiger partial charge in [-0.05, 0) is 48.5 Å². The van der Waals surface area contributed by atoms with E-state index < -0.39 is 10.8 Å². The molecule has 0 bridgehead atoms. The molecule has 0 spiro atoms. The summed E-state index contributed by atoms with van der Waals surface area (Å²) in [7, 11) is 0. The van der Waals surface area contributed by atoms with E-state index in [4.69, 9.17) is 60.3 Å². The molecule has 4 aromatic rings. The van der Waals surface area contributed by atoms with Gasteiger partial charge in [0.15, 0.2) is 11.5 Å². The van der Waals surface area contributed by atoms with Crippen molar-refractivity contribution < 1.29 is 23.6 Å². The minimum atomic E-state index is -0.637. The van der Waals surface area contributed by atoms with E-state index >= 15 is 0 Å². The molecule has 12 heteroatoms. The van der Waals surface area contributed by atoms with Gasteiger partial charge in [-0.1, -0.05) is 46.4 Å². The molecular formula is C24H14Cl4N2O6. The van der Waals surface area contributed by atoms with Gasteiger partial charge in [-0.15, -0.1) is 0 Å². The molecule has 1 amide bonds. The normalized spacial score (nSPS) is 10.7. The number of anilines is 1. The minimum Gasteiger partial charge on any atom is -0.483 e. The number of hydrogen-bond donors (Lipinski definition) is 1. The molecule has 1 aromatic heterocycles. The molecule has 0 radical (unpaired) electrons. The number of nitrogens with one attached hydrogen (secondary N) is 1. The van der Waals surface area contributed by atoms with Crippen molar-refractivity contribution in [1.29, 1.82) is 0 Å². The highest BCUT2D eigenvalue weighted by Crippen LogP contribution is 2.36. The maximum absolute atomic E-state index is 12.7. The highest BCUT2D eigenvalue weighted by atomic mass is 35.5. The second-order valence-electron chi connectivity index (χ2n) is 7.24. The Labute approximate surface area is 224 Å². The Bertz CT molecular complexity index is 1420. The Morgan fingerprint density at radius 1 is 0.889 bits per heavy atom. The fourth-order valence-electron chi connectivity index (χ4n) is 3.04. The van der Waals surface area contributed by atoms with E-state index in [1.807, 2.05) is 0 Å². The van der Waals surface area contributed by atoms with Gasteiger partial charge in [0.25, 0.3) is 11.6 Å². The van der Waals surface area contributed by atoms with Crippen molar-refractivity contribution in [2.75, 3.05) is 5.32 Å². The van der Waals surface area contributed by atoms with Gasteiger partial charge >= 0.3 is 0 Å². The fourth-order valence-corrected chi connectivity index (χ4v) is 4.09. The smallest absolute Gasteiger partial charge is 0.291 e. The van der Waals surface area contributed by atoms with Crippen LogP contribution in [0.3, 0.4) is 0 Å². The first-order chi connectivity index (χ1) is 17.2. The number of ether oxygens (including phenoxy) is 2. The second kappa shape index (κ2) is 11.1. The summed E-state index contributed by atoms with van der Waals surface area (Å²) in [6.07, 6.45) is 0. The van der Waals surface area contributed by atoms with Crippen molar-refractivity contribution >= 4 is 63.7 Å². The van der Waals surface area contributed by atoms with E-state index in [2.05, 4.69) is 5.32 Å². The maximum Gasteiger partial charge on any atom is 0.291 e. The minimum absolute atomic E-state index is 0.0476. The molecule has 0 saturated heterocycles. The van der Waals surface area contributed by atoms with Crippen LogP contribution in [0, 0.1) is 10.1 Å². The Morgan fingerprint density at radius 3 is 2.25 bits per heavy atom. The molecule has 4 rings (SSSR count). The Morgan fingerprint density at radius 2 is 1.58 bits per heavy atom. The van der Waals surface area contributed by atoms with Gasteiger partial charge < -0.3 is 19.2 Å². The molecule has 0 aliphatic heterocycles. The third-order valence-corrected chi connectivity index (χ3v) is 5.65. The number of rotatable bonds is 8. The second-order valence-corrected chi connectivity index (χ2v) is 8.92. The third kappa shape index (κ3) is 6.41. The predicted molar refractivity (Wildman–Crippen MR) is 137 cm³/mol. The summed E-state index contributed by atoms with van der Waals surface area (Å²) in [6.45, 7) is -0.0652. The molecule has 36 heavy (non-hydrogen) atoms. The summed E-state index contributed by atoms with van der Waals surface area (Å²) in [4.78, 5) is 23.5. The van der Waals surface area contributed by atoms with Gasteiger partial charge in [-0.2, -0.15) is 0 Å². The molecule has 1 N–H and O–H groups in total. The van der Waals surface area contributed by atoms with Crippen molar-refractivity contribution in [2.45, 2.75) is 6.61 Å². The number of non-ortho nitro benzene ring substituents is 1. The van der Waals surface area contributed by atoms with Crippen LogP contribution < -0.4 is 14.8 Å². The number of benzene rings is 3. The standard InChI is InChI=1S/C24H14Cl4N2O6/c25-13-1-3-17(4-2-13)35-19-10-15(9-16(11-19)30(32)33)29-24(31)22-6-5-18(36-22)12-34-23-20(27)7-14(26)8-21(23)28/h1-11H,12H2,(H,29,31). The zero-order valence-electron chi connectivity index (χ0n) is 18.0. The summed E-state index contributed by atoms with van der Waals surface area (Å²) in [5.74, 6) is 0.402. The van der Waals surface area contributed by atoms with Crippen molar-refractivity contribution in [3.8, 4) is 17.2 Å². The zero-order valence-corrected chi connectivity index (χ0v) is 21.0. The molecular weight excluding hydrogens is 554 g/mol. The number of furan rings is 1. The predicted octanol–water partition coefficient (Wildman–Crippen LogP) is 8.43. The van der Waals surface area contributed by atoms with Crippen molar-refractivity contribution in [1.82, 2.24) is 0 Å². The Balaban J connectivity index is 1.47. The van der Waals surface area contributed by atoms with E-state index in [0.29, 0.717) is 21.6 Å². The van der Waals surface area contributed by atoms with Gasteiger partial charge in [-0.3, -0.25) is 14.9 Å². The number of nitrogens with zero attached hydrogens (tertiary/aromatic N) is 1. The molecule has 0 aliphatic carbocycles. The Hall–Kier alpha value is -3.43. The quantitative estimate of drug-likeness (QED) is 0.169. The SMILES string of the molecule is O=C(Nc1cc(Oc2ccc(Cl)cc2)cc([N+](=O)[O-])c1)c1ccc(COc2c(Cl)cc(Cl)cc2Cl)o1. The van der Waals surface area contributed by atoms with Crippen LogP contribution in [0.5, 0.6) is 17.2 Å². The first-order valence-electron chi connectivity index (χ1n) is 10.1. The van der Waals surface area contributed by atoms with Crippen LogP contribution >= 0.6 is 46.4 Å². The van der Waals surface area contributed by atoms with E-state index in [1.165, 1.54) is 42.5 Å². The van der Waals surface area contributed by atoms with Crippen LogP contribution in [-0.4, -0.2) is 10.8 Å². The van der Waals surface area contributed by atoms with Crippen LogP contribution in [0.2, 0.25) is 20.1 Å². The third-order valence-electron chi connectivity index (χ3n) is 4.62. The van der Waals surface area contributed by atoms with Crippen molar-refractivity contribution in [3.63, 3.8) is 0 Å². The maximum atomic E-state index is 12.7. The highest BCUT2D eigenvalue weighted by molar-refractivity contribution is 6.40. The average Bonchev–Trinajstić information content (AvgIpc) is 3.29. The molecule has 1 heterocycles. The average molecular weight is 568 g/mol. The highest BCUT2D eigenvalue weighted by Gasteiger charge is 2.17. The molecule has 184 valence electrons. The number of amides is 1. The summed E-state index contributed by atoms with van der Waals surface area (Å²) < 4.78 is 16.8. The number of carbonyl (C=O) groups excluding carboxylic acids is 1. The number of carbonyl (C=O) groups is 1. The topological polar surface area (TPSA) is 104 Å². The lowest BCUT2D eigenvalue weighted by Gasteiger charge is -2.09. The Kier molecular flexibility index (Phi) is 7.91. The van der Waals surface area contributed by atoms with E-state index in [9.17, 15) is 14.9 Å². The lowest BCUT2D eigenvalue weighted by atomic mass is 10.2. The summed E-state index contributed by atoms with van der Waals surface area (Å²) in [5.41, 5.74) is -0.144. The molecule has 0 atom stereocenters. The van der Waals surface area contributed by atoms with Crippen molar-refractivity contribution in [2.24, 2.45) is 0 Å². The molecule has 3 aromatic carbocycles. The van der Waals surface area contributed by atoms with Crippen LogP contribution in [0.4, 0.5) is 11.4 Å². The van der Waals surface area contributed by atoms with E-state index in [0.717, 1.165) is 0 Å². The van der Waals surface area contributed by atoms with Crippen LogP contribution in [-0.2, 0) is 6.61 Å². The fraction of sp³-hybridized carbons (Fsp3) is 0.0417. The first-order valence-corrected chi connectivity index (χ1v) is 11.6. The van der Waals surface area contributed by atoms with Gasteiger partial charge in [0.1, 0.15) is 23.9 Å². The van der Waals surface area contributed by atoms with Crippen LogP contribution in [0.1, 0.15) is 16.3 Å². The van der Waals surface area contributed by atoms with Gasteiger partial charge in [0.2, 0.25) is 0 Å². The van der Waals surface area contributed by atoms with Crippen LogP contribution in [0.15, 0.2) is 71.1 Å². The number of hydrogen-bond acceptors (Lipinski definition) is 6. The molecule has 0 saturated carbocycles. The number of halogens is 4.